The smallest absolute Gasteiger partial charge is 0.255 e. The molecule has 0 radical (unpaired) electrons. The fourth-order valence-corrected chi connectivity index (χ4v) is 3.83. The second kappa shape index (κ2) is 5.38. The van der Waals surface area contributed by atoms with E-state index in [4.69, 9.17) is 17.3 Å². The molecule has 1 aromatic rings. The molecule has 1 aliphatic heterocycles. The monoisotopic (exact) mass is 302 g/mol. The van der Waals surface area contributed by atoms with Crippen molar-refractivity contribution in [1.29, 1.82) is 0 Å². The Morgan fingerprint density at radius 3 is 2.53 bits per heavy atom. The third-order valence-corrected chi connectivity index (χ3v) is 5.19. The van der Waals surface area contributed by atoms with Gasteiger partial charge in [0.2, 0.25) is 0 Å². The number of rotatable bonds is 2. The number of nitrogen functional groups attached to an aromatic ring is 1. The van der Waals surface area contributed by atoms with Gasteiger partial charge < -0.3 is 11.1 Å². The maximum absolute atomic E-state index is 12.1. The van der Waals surface area contributed by atoms with Gasteiger partial charge in [-0.05, 0) is 25.0 Å². The van der Waals surface area contributed by atoms with E-state index < -0.39 is 9.84 Å². The molecule has 0 spiro atoms. The lowest BCUT2D eigenvalue weighted by Crippen LogP contribution is -2.41. The standard InChI is InChI=1S/C12H15ClN2O3S/c13-9-2-1-3-10(14)11(9)12(16)15-8-4-6-19(17,18)7-5-8/h1-3,8H,4-7,14H2,(H,15,16). The molecule has 1 heterocycles. The minimum Gasteiger partial charge on any atom is -0.398 e. The first-order valence-corrected chi connectivity index (χ1v) is 8.14. The van der Waals surface area contributed by atoms with Crippen molar-refractivity contribution in [2.75, 3.05) is 17.2 Å². The zero-order valence-corrected chi connectivity index (χ0v) is 11.8. The van der Waals surface area contributed by atoms with Crippen molar-refractivity contribution in [3.05, 3.63) is 28.8 Å². The average Bonchev–Trinajstić information content (AvgIpc) is 2.32. The Bertz CT molecular complexity index is 567. The topological polar surface area (TPSA) is 89.3 Å². The molecular formula is C12H15ClN2O3S. The van der Waals surface area contributed by atoms with Crippen molar-refractivity contribution in [2.45, 2.75) is 18.9 Å². The summed E-state index contributed by atoms with van der Waals surface area (Å²) in [4.78, 5) is 12.1. The molecule has 0 unspecified atom stereocenters. The molecule has 2 rings (SSSR count). The molecule has 0 atom stereocenters. The number of benzene rings is 1. The summed E-state index contributed by atoms with van der Waals surface area (Å²) in [5, 5.41) is 3.08. The van der Waals surface area contributed by atoms with E-state index in [0.717, 1.165) is 0 Å². The van der Waals surface area contributed by atoms with Crippen LogP contribution in [0.3, 0.4) is 0 Å². The number of sulfone groups is 1. The van der Waals surface area contributed by atoms with E-state index in [2.05, 4.69) is 5.32 Å². The molecule has 0 aromatic heterocycles. The van der Waals surface area contributed by atoms with Gasteiger partial charge in [-0.1, -0.05) is 17.7 Å². The number of carbonyl (C=O) groups is 1. The largest absolute Gasteiger partial charge is 0.398 e. The van der Waals surface area contributed by atoms with Crippen molar-refractivity contribution in [3.63, 3.8) is 0 Å². The van der Waals surface area contributed by atoms with E-state index >= 15 is 0 Å². The molecule has 0 aliphatic carbocycles. The molecule has 5 nitrogen and oxygen atoms in total. The zero-order chi connectivity index (χ0) is 14.0. The zero-order valence-electron chi connectivity index (χ0n) is 10.2. The first-order chi connectivity index (χ1) is 8.89. The summed E-state index contributed by atoms with van der Waals surface area (Å²) in [7, 11) is -2.93. The van der Waals surface area contributed by atoms with E-state index in [1.54, 1.807) is 18.2 Å². The van der Waals surface area contributed by atoms with Crippen LogP contribution in [0.15, 0.2) is 18.2 Å². The minimum atomic E-state index is -2.93. The van der Waals surface area contributed by atoms with Crippen LogP contribution in [0, 0.1) is 0 Å². The minimum absolute atomic E-state index is 0.107. The fourth-order valence-electron chi connectivity index (χ4n) is 2.07. The van der Waals surface area contributed by atoms with Crippen molar-refractivity contribution in [2.24, 2.45) is 0 Å². The molecular weight excluding hydrogens is 288 g/mol. The summed E-state index contributed by atoms with van der Waals surface area (Å²) in [5.74, 6) is -0.140. The average molecular weight is 303 g/mol. The van der Waals surface area contributed by atoms with Crippen molar-refractivity contribution < 1.29 is 13.2 Å². The Labute approximate surface area is 117 Å². The Morgan fingerprint density at radius 1 is 1.32 bits per heavy atom. The molecule has 19 heavy (non-hydrogen) atoms. The molecule has 1 saturated heterocycles. The number of hydrogen-bond donors (Lipinski definition) is 2. The molecule has 1 amide bonds. The van der Waals surface area contributed by atoms with E-state index in [9.17, 15) is 13.2 Å². The number of carbonyl (C=O) groups excluding carboxylic acids is 1. The first kappa shape index (κ1) is 14.1. The maximum Gasteiger partial charge on any atom is 0.255 e. The molecule has 104 valence electrons. The summed E-state index contributed by atoms with van der Waals surface area (Å²) in [5.41, 5.74) is 6.29. The van der Waals surface area contributed by atoms with Gasteiger partial charge >= 0.3 is 0 Å². The fraction of sp³-hybridized carbons (Fsp3) is 0.417. The summed E-state index contributed by atoms with van der Waals surface area (Å²) >= 11 is 5.95. The van der Waals surface area contributed by atoms with Gasteiger partial charge in [0.1, 0.15) is 9.84 Å². The van der Waals surface area contributed by atoms with Crippen LogP contribution in [-0.4, -0.2) is 31.9 Å². The number of amides is 1. The summed E-state index contributed by atoms with van der Waals surface area (Å²) in [6, 6.07) is 4.72. The van der Waals surface area contributed by atoms with Gasteiger partial charge in [0.15, 0.2) is 0 Å². The van der Waals surface area contributed by atoms with Crippen LogP contribution in [0.4, 0.5) is 5.69 Å². The molecule has 1 aromatic carbocycles. The third kappa shape index (κ3) is 3.39. The van der Waals surface area contributed by atoms with Crippen molar-refractivity contribution in [1.82, 2.24) is 5.32 Å². The molecule has 1 aliphatic rings. The van der Waals surface area contributed by atoms with Gasteiger partial charge in [-0.3, -0.25) is 4.79 Å². The number of halogens is 1. The van der Waals surface area contributed by atoms with Crippen molar-refractivity contribution >= 4 is 33.0 Å². The highest BCUT2D eigenvalue weighted by atomic mass is 35.5. The molecule has 1 fully saturated rings. The Hall–Kier alpha value is -1.27. The van der Waals surface area contributed by atoms with Gasteiger partial charge in [0.25, 0.3) is 5.91 Å². The van der Waals surface area contributed by atoms with Gasteiger partial charge in [0, 0.05) is 11.7 Å². The SMILES string of the molecule is Nc1cccc(Cl)c1C(=O)NC1CCS(=O)(=O)CC1. The van der Waals surface area contributed by atoms with Crippen molar-refractivity contribution in [3.8, 4) is 0 Å². The van der Waals surface area contributed by atoms with E-state index in [0.29, 0.717) is 23.6 Å². The molecule has 0 saturated carbocycles. The second-order valence-corrected chi connectivity index (χ2v) is 7.31. The molecule has 7 heteroatoms. The van der Waals surface area contributed by atoms with Gasteiger partial charge in [-0.15, -0.1) is 0 Å². The number of nitrogens with two attached hydrogens (primary N) is 1. The molecule has 3 N–H and O–H groups in total. The lowest BCUT2D eigenvalue weighted by Gasteiger charge is -2.23. The highest BCUT2D eigenvalue weighted by Gasteiger charge is 2.25. The highest BCUT2D eigenvalue weighted by Crippen LogP contribution is 2.22. The van der Waals surface area contributed by atoms with Crippen LogP contribution in [0.5, 0.6) is 0 Å². The number of hydrogen-bond acceptors (Lipinski definition) is 4. The highest BCUT2D eigenvalue weighted by molar-refractivity contribution is 7.91. The lowest BCUT2D eigenvalue weighted by molar-refractivity contribution is 0.0935. The van der Waals surface area contributed by atoms with Gasteiger partial charge in [-0.2, -0.15) is 0 Å². The predicted molar refractivity (Wildman–Crippen MR) is 75.0 cm³/mol. The second-order valence-electron chi connectivity index (χ2n) is 4.60. The van der Waals surface area contributed by atoms with Crippen LogP contribution in [0.2, 0.25) is 5.02 Å². The Morgan fingerprint density at radius 2 is 1.95 bits per heavy atom. The summed E-state index contributed by atoms with van der Waals surface area (Å²) in [6.07, 6.45) is 0.858. The van der Waals surface area contributed by atoms with Gasteiger partial charge in [-0.25, -0.2) is 8.42 Å². The lowest BCUT2D eigenvalue weighted by atomic mass is 10.1. The maximum atomic E-state index is 12.1. The number of nitrogens with one attached hydrogen (secondary N) is 1. The Balaban J connectivity index is 2.06. The molecule has 0 bridgehead atoms. The van der Waals surface area contributed by atoms with Gasteiger partial charge in [0.05, 0.1) is 22.1 Å². The summed E-state index contributed by atoms with van der Waals surface area (Å²) < 4.78 is 22.6. The summed E-state index contributed by atoms with van der Waals surface area (Å²) in [6.45, 7) is 0. The van der Waals surface area contributed by atoms with Crippen LogP contribution < -0.4 is 11.1 Å². The normalized spacial score (nSPS) is 19.0. The van der Waals surface area contributed by atoms with Crippen LogP contribution in [-0.2, 0) is 9.84 Å². The van der Waals surface area contributed by atoms with Crippen LogP contribution in [0.1, 0.15) is 23.2 Å². The van der Waals surface area contributed by atoms with Crippen LogP contribution in [0.25, 0.3) is 0 Å². The van der Waals surface area contributed by atoms with E-state index in [1.165, 1.54) is 0 Å². The van der Waals surface area contributed by atoms with Crippen LogP contribution >= 0.6 is 11.6 Å². The van der Waals surface area contributed by atoms with E-state index in [1.807, 2.05) is 0 Å². The van der Waals surface area contributed by atoms with E-state index in [-0.39, 0.29) is 29.0 Å². The predicted octanol–water partition coefficient (Wildman–Crippen LogP) is 1.23. The number of anilines is 1. The first-order valence-electron chi connectivity index (χ1n) is 5.94. The quantitative estimate of drug-likeness (QED) is 0.804. The third-order valence-electron chi connectivity index (χ3n) is 3.16. The Kier molecular flexibility index (Phi) is 4.01.